The minimum atomic E-state index is -0.664. The Labute approximate surface area is 153 Å². The van der Waals surface area contributed by atoms with E-state index in [4.69, 9.17) is 14.2 Å². The summed E-state index contributed by atoms with van der Waals surface area (Å²) in [6, 6.07) is 0. The third-order valence-corrected chi connectivity index (χ3v) is 5.45. The maximum Gasteiger partial charge on any atom is 0.159 e. The van der Waals surface area contributed by atoms with E-state index >= 15 is 0 Å². The minimum absolute atomic E-state index is 0.116. The van der Waals surface area contributed by atoms with Crippen molar-refractivity contribution in [1.29, 1.82) is 0 Å². The molecular weight excluding hydrogens is 316 g/mol. The van der Waals surface area contributed by atoms with Gasteiger partial charge in [-0.15, -0.1) is 0 Å². The molecule has 0 spiro atoms. The number of aliphatic hydroxyl groups is 1. The molecule has 2 rings (SSSR count). The molecule has 2 aliphatic heterocycles. The smallest absolute Gasteiger partial charge is 0.159 e. The Hall–Kier alpha value is -0.600. The number of hydrogen-bond acceptors (Lipinski definition) is 4. The van der Waals surface area contributed by atoms with E-state index in [1.165, 1.54) is 0 Å². The third kappa shape index (κ3) is 6.57. The molecule has 4 nitrogen and oxygen atoms in total. The molecule has 2 aliphatic rings. The van der Waals surface area contributed by atoms with Crippen LogP contribution in [-0.2, 0) is 14.2 Å². The molecule has 0 aromatic carbocycles. The van der Waals surface area contributed by atoms with Crippen LogP contribution in [0.4, 0.5) is 0 Å². The Morgan fingerprint density at radius 1 is 0.880 bits per heavy atom. The van der Waals surface area contributed by atoms with Gasteiger partial charge >= 0.3 is 0 Å². The Bertz CT molecular complexity index is 454. The van der Waals surface area contributed by atoms with Gasteiger partial charge in [-0.3, -0.25) is 0 Å². The van der Waals surface area contributed by atoms with Crippen LogP contribution in [0.15, 0.2) is 0 Å². The van der Waals surface area contributed by atoms with Crippen molar-refractivity contribution < 1.29 is 19.3 Å². The van der Waals surface area contributed by atoms with Gasteiger partial charge in [0, 0.05) is 30.7 Å². The van der Waals surface area contributed by atoms with Gasteiger partial charge in [-0.2, -0.15) is 0 Å². The molecule has 0 saturated carbocycles. The first-order valence-electron chi connectivity index (χ1n) is 9.85. The van der Waals surface area contributed by atoms with Crippen LogP contribution in [-0.4, -0.2) is 43.4 Å². The summed E-state index contributed by atoms with van der Waals surface area (Å²) in [4.78, 5) is 0. The van der Waals surface area contributed by atoms with Crippen molar-refractivity contribution in [2.75, 3.05) is 19.8 Å². The van der Waals surface area contributed by atoms with Gasteiger partial charge in [0.25, 0.3) is 0 Å². The molecule has 0 bridgehead atoms. The van der Waals surface area contributed by atoms with Crippen molar-refractivity contribution in [1.82, 2.24) is 0 Å². The van der Waals surface area contributed by atoms with Crippen molar-refractivity contribution in [2.45, 2.75) is 91.1 Å². The molecule has 0 aliphatic carbocycles. The van der Waals surface area contributed by atoms with E-state index < -0.39 is 6.10 Å². The van der Waals surface area contributed by atoms with Gasteiger partial charge in [-0.05, 0) is 44.9 Å². The zero-order valence-electron chi connectivity index (χ0n) is 16.5. The molecule has 0 aromatic rings. The van der Waals surface area contributed by atoms with Gasteiger partial charge < -0.3 is 19.3 Å². The predicted molar refractivity (Wildman–Crippen MR) is 99.1 cm³/mol. The average Bonchev–Trinajstić information content (AvgIpc) is 2.57. The van der Waals surface area contributed by atoms with Crippen LogP contribution in [0.25, 0.3) is 0 Å². The van der Waals surface area contributed by atoms with E-state index in [-0.39, 0.29) is 23.2 Å². The lowest BCUT2D eigenvalue weighted by atomic mass is 9.80. The van der Waals surface area contributed by atoms with Gasteiger partial charge in [0.1, 0.15) is 12.2 Å². The summed E-state index contributed by atoms with van der Waals surface area (Å²) >= 11 is 0. The van der Waals surface area contributed by atoms with Gasteiger partial charge in [-0.1, -0.05) is 39.5 Å². The fourth-order valence-electron chi connectivity index (χ4n) is 3.36. The average molecular weight is 353 g/mol. The van der Waals surface area contributed by atoms with Crippen molar-refractivity contribution in [3.63, 3.8) is 0 Å². The molecule has 1 N–H and O–H groups in total. The summed E-state index contributed by atoms with van der Waals surface area (Å²) in [6.07, 6.45) is 5.87. The number of ether oxygens (including phenoxy) is 3. The number of hydrogen-bond donors (Lipinski definition) is 1. The second-order valence-corrected chi connectivity index (χ2v) is 8.80. The molecule has 0 radical (unpaired) electrons. The Morgan fingerprint density at radius 3 is 2.20 bits per heavy atom. The molecule has 25 heavy (non-hydrogen) atoms. The van der Waals surface area contributed by atoms with Crippen LogP contribution in [0.3, 0.4) is 0 Å². The van der Waals surface area contributed by atoms with Crippen LogP contribution in [0.2, 0.25) is 0 Å². The second kappa shape index (κ2) is 9.37. The van der Waals surface area contributed by atoms with Crippen LogP contribution < -0.4 is 0 Å². The summed E-state index contributed by atoms with van der Waals surface area (Å²) in [5.74, 6) is 6.35. The summed E-state index contributed by atoms with van der Waals surface area (Å²) in [7, 11) is 0. The summed E-state index contributed by atoms with van der Waals surface area (Å²) < 4.78 is 17.8. The lowest BCUT2D eigenvalue weighted by Crippen LogP contribution is -2.37. The first-order valence-corrected chi connectivity index (χ1v) is 9.85. The molecule has 2 heterocycles. The summed E-state index contributed by atoms with van der Waals surface area (Å²) in [5.41, 5.74) is -0.366. The topological polar surface area (TPSA) is 47.9 Å². The van der Waals surface area contributed by atoms with Gasteiger partial charge in [0.05, 0.1) is 0 Å². The lowest BCUT2D eigenvalue weighted by molar-refractivity contribution is -0.195. The summed E-state index contributed by atoms with van der Waals surface area (Å²) in [6.45, 7) is 10.8. The third-order valence-electron chi connectivity index (χ3n) is 5.45. The van der Waals surface area contributed by atoms with Crippen molar-refractivity contribution >= 4 is 0 Å². The lowest BCUT2D eigenvalue weighted by Gasteiger charge is -2.35. The molecule has 1 fully saturated rings. The van der Waals surface area contributed by atoms with Crippen LogP contribution in [0, 0.1) is 22.7 Å². The van der Waals surface area contributed by atoms with Crippen molar-refractivity contribution in [3.8, 4) is 11.8 Å². The number of aliphatic hydroxyl groups excluding tert-OH is 1. The highest BCUT2D eigenvalue weighted by molar-refractivity contribution is 5.15. The quantitative estimate of drug-likeness (QED) is 0.766. The predicted octanol–water partition coefficient (Wildman–Crippen LogP) is 3.91. The van der Waals surface area contributed by atoms with Gasteiger partial charge in [0.2, 0.25) is 0 Å². The summed E-state index contributed by atoms with van der Waals surface area (Å²) in [5, 5.41) is 10.6. The largest absolute Gasteiger partial charge is 0.381 e. The zero-order valence-corrected chi connectivity index (χ0v) is 16.5. The Morgan fingerprint density at radius 2 is 1.56 bits per heavy atom. The van der Waals surface area contributed by atoms with Crippen LogP contribution in [0.1, 0.15) is 72.6 Å². The zero-order chi connectivity index (χ0) is 18.3. The van der Waals surface area contributed by atoms with E-state index in [2.05, 4.69) is 39.5 Å². The number of rotatable bonds is 2. The molecule has 3 unspecified atom stereocenters. The Balaban J connectivity index is 2.16. The first kappa shape index (κ1) is 20.7. The van der Waals surface area contributed by atoms with Crippen molar-refractivity contribution in [2.24, 2.45) is 10.8 Å². The van der Waals surface area contributed by atoms with E-state index in [1.54, 1.807) is 0 Å². The highest BCUT2D eigenvalue weighted by Gasteiger charge is 2.33. The monoisotopic (exact) mass is 352 g/mol. The van der Waals surface area contributed by atoms with Crippen molar-refractivity contribution in [3.05, 3.63) is 0 Å². The first-order chi connectivity index (χ1) is 11.8. The van der Waals surface area contributed by atoms with Gasteiger partial charge in [-0.25, -0.2) is 0 Å². The fourth-order valence-corrected chi connectivity index (χ4v) is 3.36. The molecule has 4 heteroatoms. The maximum atomic E-state index is 10.6. The molecule has 144 valence electrons. The van der Waals surface area contributed by atoms with E-state index in [0.717, 1.165) is 64.8 Å². The fraction of sp³-hybridized carbons (Fsp3) is 0.905. The van der Waals surface area contributed by atoms with Gasteiger partial charge in [0.15, 0.2) is 6.29 Å². The second-order valence-electron chi connectivity index (χ2n) is 8.80. The standard InChI is InChI=1S/C21H36O4/c1-20(2)12-7-14-23-15-8-13-21(3,4)18(11-10-17(20)22)25-19-9-5-6-16-24-19/h17-19,22H,5-9,12-16H2,1-4H3. The maximum absolute atomic E-state index is 10.6. The molecule has 0 aromatic heterocycles. The normalized spacial score (nSPS) is 33.9. The highest BCUT2D eigenvalue weighted by atomic mass is 16.7. The SMILES string of the molecule is CC1(C)CCCOCCCC(C)(C)C(OC2CCCCO2)C#CC1O. The minimum Gasteiger partial charge on any atom is -0.381 e. The molecular formula is C21H36O4. The molecule has 3 atom stereocenters. The highest BCUT2D eigenvalue weighted by Crippen LogP contribution is 2.32. The van der Waals surface area contributed by atoms with E-state index in [9.17, 15) is 5.11 Å². The molecule has 1 saturated heterocycles. The van der Waals surface area contributed by atoms with Crippen LogP contribution >= 0.6 is 0 Å². The van der Waals surface area contributed by atoms with E-state index in [1.807, 2.05) is 0 Å². The van der Waals surface area contributed by atoms with E-state index in [0.29, 0.717) is 0 Å². The Kier molecular flexibility index (Phi) is 7.76. The molecule has 0 amide bonds. The van der Waals surface area contributed by atoms with Crippen LogP contribution in [0.5, 0.6) is 0 Å².